The summed E-state index contributed by atoms with van der Waals surface area (Å²) in [6.45, 7) is 10.1. The fourth-order valence-electron chi connectivity index (χ4n) is 1.37. The van der Waals surface area contributed by atoms with Crippen LogP contribution in [-0.4, -0.2) is 12.1 Å². The van der Waals surface area contributed by atoms with E-state index in [9.17, 15) is 0 Å². The molecule has 1 atom stereocenters. The second-order valence-electron chi connectivity index (χ2n) is 3.19. The number of rotatable bonds is 5. The highest BCUT2D eigenvalue weighted by molar-refractivity contribution is 4.79. The molecule has 0 aliphatic rings. The van der Waals surface area contributed by atoms with Crippen molar-refractivity contribution in [3.05, 3.63) is 0 Å². The van der Waals surface area contributed by atoms with Crippen molar-refractivity contribution in [2.75, 3.05) is 6.54 Å². The molecule has 0 bridgehead atoms. The fourth-order valence-corrected chi connectivity index (χ4v) is 1.37. The van der Waals surface area contributed by atoms with Crippen molar-refractivity contribution in [2.24, 2.45) is 0 Å². The Labute approximate surface area is 65.2 Å². The molecule has 0 rings (SSSR count). The van der Waals surface area contributed by atoms with E-state index in [1.165, 1.54) is 19.3 Å². The van der Waals surface area contributed by atoms with Gasteiger partial charge in [0.25, 0.3) is 0 Å². The summed E-state index contributed by atoms with van der Waals surface area (Å²) in [5.74, 6) is 0. The summed E-state index contributed by atoms with van der Waals surface area (Å²) in [5, 5.41) is 3.51. The molecule has 0 aliphatic heterocycles. The van der Waals surface area contributed by atoms with Crippen molar-refractivity contribution in [1.29, 1.82) is 0 Å². The Kier molecular flexibility index (Phi) is 4.71. The zero-order valence-electron chi connectivity index (χ0n) is 7.83. The van der Waals surface area contributed by atoms with Crippen LogP contribution in [0.3, 0.4) is 0 Å². The Hall–Kier alpha value is -0.0400. The molecule has 10 heavy (non-hydrogen) atoms. The summed E-state index contributed by atoms with van der Waals surface area (Å²) in [7, 11) is 0. The molecule has 0 aliphatic carbocycles. The van der Waals surface area contributed by atoms with Crippen LogP contribution in [0.2, 0.25) is 0 Å². The van der Waals surface area contributed by atoms with Gasteiger partial charge in [0, 0.05) is 5.54 Å². The first-order valence-electron chi connectivity index (χ1n) is 4.43. The zero-order valence-corrected chi connectivity index (χ0v) is 7.83. The van der Waals surface area contributed by atoms with E-state index in [1.54, 1.807) is 0 Å². The van der Waals surface area contributed by atoms with E-state index in [2.05, 4.69) is 33.0 Å². The van der Waals surface area contributed by atoms with Gasteiger partial charge >= 0.3 is 0 Å². The van der Waals surface area contributed by atoms with E-state index in [0.29, 0.717) is 5.54 Å². The van der Waals surface area contributed by atoms with Gasteiger partial charge in [0.15, 0.2) is 0 Å². The summed E-state index contributed by atoms with van der Waals surface area (Å²) in [6, 6.07) is 0. The van der Waals surface area contributed by atoms with Crippen LogP contribution in [-0.2, 0) is 0 Å². The molecule has 0 aromatic carbocycles. The minimum absolute atomic E-state index is 0.392. The molecule has 0 fully saturated rings. The average Bonchev–Trinajstić information content (AvgIpc) is 1.89. The second-order valence-corrected chi connectivity index (χ2v) is 3.19. The van der Waals surface area contributed by atoms with Crippen molar-refractivity contribution in [3.8, 4) is 0 Å². The Morgan fingerprint density at radius 1 is 1.20 bits per heavy atom. The third-order valence-corrected chi connectivity index (χ3v) is 2.19. The topological polar surface area (TPSA) is 12.0 Å². The molecule has 1 N–H and O–H groups in total. The lowest BCUT2D eigenvalue weighted by Gasteiger charge is -2.28. The van der Waals surface area contributed by atoms with Crippen LogP contribution in [0.25, 0.3) is 0 Å². The van der Waals surface area contributed by atoms with Gasteiger partial charge in [-0.15, -0.1) is 0 Å². The zero-order chi connectivity index (χ0) is 8.04. The van der Waals surface area contributed by atoms with Gasteiger partial charge in [0.1, 0.15) is 0 Å². The minimum Gasteiger partial charge on any atom is -0.312 e. The maximum atomic E-state index is 3.51. The Morgan fingerprint density at radius 2 is 1.80 bits per heavy atom. The van der Waals surface area contributed by atoms with E-state index in [4.69, 9.17) is 0 Å². The molecule has 0 saturated carbocycles. The predicted octanol–water partition coefficient (Wildman–Crippen LogP) is 2.56. The molecule has 0 aromatic rings. The van der Waals surface area contributed by atoms with Crippen LogP contribution in [0.1, 0.15) is 47.0 Å². The smallest absolute Gasteiger partial charge is 0.0150 e. The summed E-state index contributed by atoms with van der Waals surface area (Å²) in [4.78, 5) is 0. The first kappa shape index (κ1) is 9.96. The van der Waals surface area contributed by atoms with Crippen molar-refractivity contribution in [1.82, 2.24) is 5.32 Å². The lowest BCUT2D eigenvalue weighted by molar-refractivity contribution is 0.324. The third-order valence-electron chi connectivity index (χ3n) is 2.19. The maximum absolute atomic E-state index is 3.51. The van der Waals surface area contributed by atoms with Crippen molar-refractivity contribution in [3.63, 3.8) is 0 Å². The molecule has 0 spiro atoms. The molecule has 0 radical (unpaired) electrons. The van der Waals surface area contributed by atoms with Crippen LogP contribution in [0.15, 0.2) is 0 Å². The monoisotopic (exact) mass is 143 g/mol. The van der Waals surface area contributed by atoms with Gasteiger partial charge in [-0.3, -0.25) is 0 Å². The summed E-state index contributed by atoms with van der Waals surface area (Å²) >= 11 is 0. The van der Waals surface area contributed by atoms with E-state index < -0.39 is 0 Å². The van der Waals surface area contributed by atoms with E-state index in [-0.39, 0.29) is 0 Å². The predicted molar refractivity (Wildman–Crippen MR) is 47.3 cm³/mol. The van der Waals surface area contributed by atoms with Gasteiger partial charge in [-0.2, -0.15) is 0 Å². The average molecular weight is 143 g/mol. The first-order chi connectivity index (χ1) is 4.68. The van der Waals surface area contributed by atoms with Gasteiger partial charge in [-0.05, 0) is 26.3 Å². The van der Waals surface area contributed by atoms with Crippen molar-refractivity contribution < 1.29 is 0 Å². The van der Waals surface area contributed by atoms with Crippen LogP contribution in [0.5, 0.6) is 0 Å². The van der Waals surface area contributed by atoms with Crippen molar-refractivity contribution in [2.45, 2.75) is 52.5 Å². The Balaban J connectivity index is 3.69. The lowest BCUT2D eigenvalue weighted by atomic mass is 9.93. The summed E-state index contributed by atoms with van der Waals surface area (Å²) in [6.07, 6.45) is 3.80. The standard InChI is InChI=1S/C9H21N/c1-5-8-9(4,6-2)10-7-3/h10H,5-8H2,1-4H3. The molecular weight excluding hydrogens is 122 g/mol. The molecule has 1 unspecified atom stereocenters. The molecular formula is C9H21N. The quantitative estimate of drug-likeness (QED) is 0.623. The first-order valence-corrected chi connectivity index (χ1v) is 4.43. The Morgan fingerprint density at radius 3 is 2.10 bits per heavy atom. The molecule has 0 aromatic heterocycles. The molecule has 0 amide bonds. The van der Waals surface area contributed by atoms with Crippen LogP contribution < -0.4 is 5.32 Å². The van der Waals surface area contributed by atoms with Crippen LogP contribution in [0, 0.1) is 0 Å². The van der Waals surface area contributed by atoms with Gasteiger partial charge < -0.3 is 5.32 Å². The van der Waals surface area contributed by atoms with Gasteiger partial charge in [-0.25, -0.2) is 0 Å². The maximum Gasteiger partial charge on any atom is 0.0150 e. The second kappa shape index (κ2) is 4.73. The number of nitrogens with one attached hydrogen (secondary N) is 1. The van der Waals surface area contributed by atoms with E-state index in [1.807, 2.05) is 0 Å². The van der Waals surface area contributed by atoms with Crippen LogP contribution >= 0.6 is 0 Å². The van der Waals surface area contributed by atoms with Gasteiger partial charge in [0.05, 0.1) is 0 Å². The van der Waals surface area contributed by atoms with Gasteiger partial charge in [-0.1, -0.05) is 27.2 Å². The minimum atomic E-state index is 0.392. The highest BCUT2D eigenvalue weighted by Crippen LogP contribution is 2.15. The highest BCUT2D eigenvalue weighted by atomic mass is 14.9. The molecule has 0 saturated heterocycles. The fraction of sp³-hybridized carbons (Fsp3) is 1.00. The molecule has 1 heteroatoms. The molecule has 0 heterocycles. The Bertz CT molecular complexity index is 72.8. The normalized spacial score (nSPS) is 16.8. The van der Waals surface area contributed by atoms with Gasteiger partial charge in [0.2, 0.25) is 0 Å². The van der Waals surface area contributed by atoms with E-state index in [0.717, 1.165) is 6.54 Å². The summed E-state index contributed by atoms with van der Waals surface area (Å²) in [5.41, 5.74) is 0.392. The molecule has 62 valence electrons. The molecule has 1 nitrogen and oxygen atoms in total. The summed E-state index contributed by atoms with van der Waals surface area (Å²) < 4.78 is 0. The lowest BCUT2D eigenvalue weighted by Crippen LogP contribution is -2.41. The van der Waals surface area contributed by atoms with E-state index >= 15 is 0 Å². The third kappa shape index (κ3) is 3.21. The SMILES string of the molecule is CCCC(C)(CC)NCC. The largest absolute Gasteiger partial charge is 0.312 e. The highest BCUT2D eigenvalue weighted by Gasteiger charge is 2.17. The van der Waals surface area contributed by atoms with Crippen molar-refractivity contribution >= 4 is 0 Å². The number of hydrogen-bond acceptors (Lipinski definition) is 1. The van der Waals surface area contributed by atoms with Crippen LogP contribution in [0.4, 0.5) is 0 Å². The number of hydrogen-bond donors (Lipinski definition) is 1.